The zero-order valence-corrected chi connectivity index (χ0v) is 11.4. The summed E-state index contributed by atoms with van der Waals surface area (Å²) in [5, 5.41) is 3.10. The summed E-state index contributed by atoms with van der Waals surface area (Å²) >= 11 is 3.43. The number of rotatable bonds is 2. The van der Waals surface area contributed by atoms with Gasteiger partial charge in [0.2, 0.25) is 5.89 Å². The van der Waals surface area contributed by atoms with Crippen molar-refractivity contribution in [1.82, 2.24) is 4.98 Å². The Kier molecular flexibility index (Phi) is 2.80. The van der Waals surface area contributed by atoms with Crippen LogP contribution in [0.25, 0.3) is 22.6 Å². The third-order valence-corrected chi connectivity index (χ3v) is 3.24. The number of benzene rings is 2. The van der Waals surface area contributed by atoms with Crippen LogP contribution in [0.1, 0.15) is 0 Å². The third kappa shape index (κ3) is 1.99. The fraction of sp³-hybridized carbons (Fsp3) is 0.0714. The molecule has 0 atom stereocenters. The molecule has 2 aromatic carbocycles. The number of aromatic nitrogens is 1. The van der Waals surface area contributed by atoms with Crippen molar-refractivity contribution in [2.24, 2.45) is 0 Å². The molecule has 0 aliphatic heterocycles. The van der Waals surface area contributed by atoms with E-state index < -0.39 is 0 Å². The summed E-state index contributed by atoms with van der Waals surface area (Å²) in [5.74, 6) is 0.639. The van der Waals surface area contributed by atoms with E-state index in [2.05, 4.69) is 26.2 Å². The molecule has 0 aliphatic carbocycles. The molecule has 0 amide bonds. The average Bonchev–Trinajstić information content (AvgIpc) is 2.81. The molecule has 1 heterocycles. The third-order valence-electron chi connectivity index (χ3n) is 2.75. The Balaban J connectivity index is 2.13. The SMILES string of the molecule is CNc1cccc(-c2nc3cc(Br)ccc3o2)c1. The van der Waals surface area contributed by atoms with Crippen LogP contribution in [0.4, 0.5) is 5.69 Å². The van der Waals surface area contributed by atoms with Crippen LogP contribution in [0.3, 0.4) is 0 Å². The minimum atomic E-state index is 0.639. The molecule has 4 heteroatoms. The van der Waals surface area contributed by atoms with Gasteiger partial charge in [-0.3, -0.25) is 0 Å². The van der Waals surface area contributed by atoms with Crippen LogP contribution >= 0.6 is 15.9 Å². The second-order valence-electron chi connectivity index (χ2n) is 3.96. The van der Waals surface area contributed by atoms with Gasteiger partial charge in [-0.1, -0.05) is 22.0 Å². The highest BCUT2D eigenvalue weighted by atomic mass is 79.9. The lowest BCUT2D eigenvalue weighted by molar-refractivity contribution is 0.620. The Bertz CT molecular complexity index is 706. The van der Waals surface area contributed by atoms with Crippen molar-refractivity contribution in [3.05, 3.63) is 46.9 Å². The van der Waals surface area contributed by atoms with Crippen molar-refractivity contribution in [3.8, 4) is 11.5 Å². The van der Waals surface area contributed by atoms with Crippen molar-refractivity contribution in [1.29, 1.82) is 0 Å². The molecule has 1 aromatic heterocycles. The van der Waals surface area contributed by atoms with Gasteiger partial charge >= 0.3 is 0 Å². The number of nitrogens with zero attached hydrogens (tertiary/aromatic N) is 1. The highest BCUT2D eigenvalue weighted by Gasteiger charge is 2.08. The first kappa shape index (κ1) is 11.3. The number of anilines is 1. The predicted molar refractivity (Wildman–Crippen MR) is 76.7 cm³/mol. The van der Waals surface area contributed by atoms with E-state index in [9.17, 15) is 0 Å². The minimum absolute atomic E-state index is 0.639. The second-order valence-corrected chi connectivity index (χ2v) is 4.88. The Hall–Kier alpha value is -1.81. The van der Waals surface area contributed by atoms with Gasteiger partial charge in [0.05, 0.1) is 0 Å². The topological polar surface area (TPSA) is 38.1 Å². The molecule has 90 valence electrons. The van der Waals surface area contributed by atoms with E-state index in [1.165, 1.54) is 0 Å². The van der Waals surface area contributed by atoms with E-state index in [1.807, 2.05) is 49.5 Å². The fourth-order valence-electron chi connectivity index (χ4n) is 1.83. The maximum absolute atomic E-state index is 5.75. The lowest BCUT2D eigenvalue weighted by Crippen LogP contribution is -1.87. The molecule has 3 rings (SSSR count). The molecule has 3 nitrogen and oxygen atoms in total. The largest absolute Gasteiger partial charge is 0.436 e. The van der Waals surface area contributed by atoms with E-state index in [0.29, 0.717) is 5.89 Å². The van der Waals surface area contributed by atoms with Gasteiger partial charge in [0.25, 0.3) is 0 Å². The van der Waals surface area contributed by atoms with Crippen molar-refractivity contribution in [2.45, 2.75) is 0 Å². The highest BCUT2D eigenvalue weighted by molar-refractivity contribution is 9.10. The van der Waals surface area contributed by atoms with Crippen LogP contribution in [0.15, 0.2) is 51.4 Å². The zero-order chi connectivity index (χ0) is 12.5. The monoisotopic (exact) mass is 302 g/mol. The van der Waals surface area contributed by atoms with Crippen molar-refractivity contribution in [2.75, 3.05) is 12.4 Å². The lowest BCUT2D eigenvalue weighted by Gasteiger charge is -2.00. The molecule has 1 N–H and O–H groups in total. The molecule has 0 unspecified atom stereocenters. The van der Waals surface area contributed by atoms with E-state index >= 15 is 0 Å². The number of fused-ring (bicyclic) bond motifs is 1. The summed E-state index contributed by atoms with van der Waals surface area (Å²) in [6.07, 6.45) is 0. The molecular formula is C14H11BrN2O. The first-order valence-corrected chi connectivity index (χ1v) is 6.40. The Labute approximate surface area is 113 Å². The molecule has 0 fully saturated rings. The average molecular weight is 303 g/mol. The van der Waals surface area contributed by atoms with Crippen LogP contribution in [-0.4, -0.2) is 12.0 Å². The van der Waals surface area contributed by atoms with Crippen molar-refractivity contribution in [3.63, 3.8) is 0 Å². The maximum Gasteiger partial charge on any atom is 0.227 e. The Morgan fingerprint density at radius 2 is 2.06 bits per heavy atom. The number of halogens is 1. The lowest BCUT2D eigenvalue weighted by atomic mass is 10.2. The van der Waals surface area contributed by atoms with Gasteiger partial charge in [0.1, 0.15) is 5.52 Å². The maximum atomic E-state index is 5.75. The molecule has 0 saturated carbocycles. The van der Waals surface area contributed by atoms with Gasteiger partial charge in [-0.2, -0.15) is 0 Å². The quantitative estimate of drug-likeness (QED) is 0.767. The summed E-state index contributed by atoms with van der Waals surface area (Å²) in [6, 6.07) is 13.8. The Morgan fingerprint density at radius 3 is 2.89 bits per heavy atom. The van der Waals surface area contributed by atoms with Crippen molar-refractivity contribution >= 4 is 32.7 Å². The molecule has 0 spiro atoms. The van der Waals surface area contributed by atoms with E-state index in [1.54, 1.807) is 0 Å². The molecule has 0 radical (unpaired) electrons. The predicted octanol–water partition coefficient (Wildman–Crippen LogP) is 4.30. The molecule has 0 bridgehead atoms. The van der Waals surface area contributed by atoms with Crippen LogP contribution < -0.4 is 5.32 Å². The Morgan fingerprint density at radius 1 is 1.17 bits per heavy atom. The fourth-order valence-corrected chi connectivity index (χ4v) is 2.18. The molecular weight excluding hydrogens is 292 g/mol. The first-order valence-electron chi connectivity index (χ1n) is 5.60. The standard InChI is InChI=1S/C14H11BrN2O/c1-16-11-4-2-3-9(7-11)14-17-12-8-10(15)5-6-13(12)18-14/h2-8,16H,1H3. The smallest absolute Gasteiger partial charge is 0.227 e. The van der Waals surface area contributed by atoms with Crippen LogP contribution in [0.2, 0.25) is 0 Å². The summed E-state index contributed by atoms with van der Waals surface area (Å²) in [4.78, 5) is 4.49. The van der Waals surface area contributed by atoms with Gasteiger partial charge in [-0.05, 0) is 36.4 Å². The first-order chi connectivity index (χ1) is 8.76. The summed E-state index contributed by atoms with van der Waals surface area (Å²) in [6.45, 7) is 0. The van der Waals surface area contributed by atoms with E-state index in [4.69, 9.17) is 4.42 Å². The minimum Gasteiger partial charge on any atom is -0.436 e. The summed E-state index contributed by atoms with van der Waals surface area (Å²) < 4.78 is 6.75. The van der Waals surface area contributed by atoms with Gasteiger partial charge in [-0.25, -0.2) is 4.98 Å². The van der Waals surface area contributed by atoms with Crippen molar-refractivity contribution < 1.29 is 4.42 Å². The number of hydrogen-bond acceptors (Lipinski definition) is 3. The normalized spacial score (nSPS) is 10.8. The van der Waals surface area contributed by atoms with Crippen LogP contribution in [0.5, 0.6) is 0 Å². The molecule has 0 saturated heterocycles. The van der Waals surface area contributed by atoms with Gasteiger partial charge in [0, 0.05) is 22.8 Å². The number of nitrogens with one attached hydrogen (secondary N) is 1. The highest BCUT2D eigenvalue weighted by Crippen LogP contribution is 2.27. The van der Waals surface area contributed by atoms with Crippen LogP contribution in [0, 0.1) is 0 Å². The van der Waals surface area contributed by atoms with Gasteiger partial charge in [-0.15, -0.1) is 0 Å². The van der Waals surface area contributed by atoms with Gasteiger partial charge in [0.15, 0.2) is 5.58 Å². The zero-order valence-electron chi connectivity index (χ0n) is 9.77. The summed E-state index contributed by atoms with van der Waals surface area (Å²) in [5.41, 5.74) is 3.66. The van der Waals surface area contributed by atoms with E-state index in [0.717, 1.165) is 26.8 Å². The second kappa shape index (κ2) is 4.46. The van der Waals surface area contributed by atoms with E-state index in [-0.39, 0.29) is 0 Å². The number of hydrogen-bond donors (Lipinski definition) is 1. The van der Waals surface area contributed by atoms with Crippen LogP contribution in [-0.2, 0) is 0 Å². The summed E-state index contributed by atoms with van der Waals surface area (Å²) in [7, 11) is 1.89. The van der Waals surface area contributed by atoms with Gasteiger partial charge < -0.3 is 9.73 Å². The molecule has 0 aliphatic rings. The molecule has 3 aromatic rings. The number of oxazole rings is 1. The molecule has 18 heavy (non-hydrogen) atoms.